The van der Waals surface area contributed by atoms with E-state index in [-0.39, 0.29) is 6.04 Å². The zero-order valence-corrected chi connectivity index (χ0v) is 15.1. The van der Waals surface area contributed by atoms with E-state index in [1.54, 1.807) is 11.6 Å². The predicted molar refractivity (Wildman–Crippen MR) is 87.7 cm³/mol. The van der Waals surface area contributed by atoms with Crippen molar-refractivity contribution in [2.24, 2.45) is 7.05 Å². The Kier molecular flexibility index (Phi) is 6.69. The summed E-state index contributed by atoms with van der Waals surface area (Å²) in [5, 5.41) is 7.90. The summed E-state index contributed by atoms with van der Waals surface area (Å²) in [5.41, 5.74) is 1.74. The maximum Gasteiger partial charge on any atom is 0.151 e. The summed E-state index contributed by atoms with van der Waals surface area (Å²) in [6.45, 7) is 6.58. The molecule has 2 atom stereocenters. The molecule has 2 unspecified atom stereocenters. The molecule has 0 aliphatic carbocycles. The van der Waals surface area contributed by atoms with E-state index in [4.69, 9.17) is 11.6 Å². The van der Waals surface area contributed by atoms with Gasteiger partial charge in [-0.1, -0.05) is 25.4 Å². The van der Waals surface area contributed by atoms with Gasteiger partial charge in [-0.25, -0.2) is 8.42 Å². The van der Waals surface area contributed by atoms with Crippen molar-refractivity contribution in [2.75, 3.05) is 12.8 Å². The number of aryl methyl sites for hydroxylation is 2. The molecular formula is C14H26ClN3O2S. The molecule has 0 saturated heterocycles. The first-order valence-corrected chi connectivity index (χ1v) is 9.68. The summed E-state index contributed by atoms with van der Waals surface area (Å²) < 4.78 is 25.5. The van der Waals surface area contributed by atoms with Crippen molar-refractivity contribution in [1.82, 2.24) is 15.1 Å². The van der Waals surface area contributed by atoms with Gasteiger partial charge in [0.25, 0.3) is 0 Å². The topological polar surface area (TPSA) is 64.0 Å². The largest absolute Gasteiger partial charge is 0.312 e. The fourth-order valence-corrected chi connectivity index (χ4v) is 3.44. The standard InChI is InChI=1S/C14H26ClN3O2S/c1-6-8-16-12(10(3)21(5,19)20)9-13-14(15)11(7-2)17-18(13)4/h10,12,16H,6-9H2,1-5H3. The maximum atomic E-state index is 11.9. The third kappa shape index (κ3) is 4.69. The number of sulfone groups is 1. The Balaban J connectivity index is 3.04. The first-order valence-electron chi connectivity index (χ1n) is 7.34. The molecule has 1 N–H and O–H groups in total. The number of aromatic nitrogens is 2. The molecule has 1 rings (SSSR count). The summed E-state index contributed by atoms with van der Waals surface area (Å²) >= 11 is 6.37. The Labute approximate surface area is 133 Å². The van der Waals surface area contributed by atoms with Gasteiger partial charge in [0.2, 0.25) is 0 Å². The highest BCUT2D eigenvalue weighted by molar-refractivity contribution is 7.91. The van der Waals surface area contributed by atoms with E-state index in [9.17, 15) is 8.42 Å². The number of hydrogen-bond donors (Lipinski definition) is 1. The molecule has 0 bridgehead atoms. The van der Waals surface area contributed by atoms with Gasteiger partial charge in [-0.05, 0) is 26.3 Å². The van der Waals surface area contributed by atoms with Gasteiger partial charge < -0.3 is 5.32 Å². The van der Waals surface area contributed by atoms with Crippen LogP contribution in [0.4, 0.5) is 0 Å². The van der Waals surface area contributed by atoms with E-state index < -0.39 is 15.1 Å². The van der Waals surface area contributed by atoms with Gasteiger partial charge in [0.15, 0.2) is 9.84 Å². The quantitative estimate of drug-likeness (QED) is 0.789. The smallest absolute Gasteiger partial charge is 0.151 e. The summed E-state index contributed by atoms with van der Waals surface area (Å²) in [6.07, 6.45) is 3.55. The molecule has 0 amide bonds. The van der Waals surface area contributed by atoms with Gasteiger partial charge in [0.05, 0.1) is 21.7 Å². The molecule has 1 heterocycles. The van der Waals surface area contributed by atoms with Gasteiger partial charge >= 0.3 is 0 Å². The fourth-order valence-electron chi connectivity index (χ4n) is 2.28. The number of nitrogens with zero attached hydrogens (tertiary/aromatic N) is 2. The third-order valence-corrected chi connectivity index (χ3v) is 5.93. The number of halogens is 1. The lowest BCUT2D eigenvalue weighted by Gasteiger charge is -2.24. The van der Waals surface area contributed by atoms with Crippen LogP contribution in [0.3, 0.4) is 0 Å². The average molecular weight is 336 g/mol. The molecule has 0 spiro atoms. The van der Waals surface area contributed by atoms with E-state index in [0.29, 0.717) is 11.4 Å². The lowest BCUT2D eigenvalue weighted by molar-refractivity contribution is 0.471. The van der Waals surface area contributed by atoms with E-state index in [1.165, 1.54) is 6.26 Å². The Morgan fingerprint density at radius 3 is 2.43 bits per heavy atom. The van der Waals surface area contributed by atoms with Crippen molar-refractivity contribution in [2.45, 2.75) is 51.3 Å². The van der Waals surface area contributed by atoms with E-state index in [2.05, 4.69) is 17.3 Å². The molecule has 5 nitrogen and oxygen atoms in total. The molecular weight excluding hydrogens is 310 g/mol. The van der Waals surface area contributed by atoms with E-state index >= 15 is 0 Å². The SMILES string of the molecule is CCCNC(Cc1c(Cl)c(CC)nn1C)C(C)S(C)(=O)=O. The second-order valence-corrected chi connectivity index (χ2v) is 8.26. The van der Waals surface area contributed by atoms with Gasteiger partial charge in [-0.2, -0.15) is 5.10 Å². The summed E-state index contributed by atoms with van der Waals surface area (Å²) in [6, 6.07) is -0.169. The normalized spacial score (nSPS) is 15.1. The van der Waals surface area contributed by atoms with Crippen molar-refractivity contribution in [1.29, 1.82) is 0 Å². The van der Waals surface area contributed by atoms with Crippen LogP contribution >= 0.6 is 11.6 Å². The minimum Gasteiger partial charge on any atom is -0.312 e. The van der Waals surface area contributed by atoms with Crippen molar-refractivity contribution in [3.63, 3.8) is 0 Å². The van der Waals surface area contributed by atoms with Crippen molar-refractivity contribution in [3.8, 4) is 0 Å². The molecule has 1 aromatic heterocycles. The molecule has 0 aromatic carbocycles. The predicted octanol–water partition coefficient (Wildman–Crippen LogP) is 1.98. The molecule has 0 radical (unpaired) electrons. The zero-order chi connectivity index (χ0) is 16.2. The highest BCUT2D eigenvalue weighted by atomic mass is 35.5. The van der Waals surface area contributed by atoms with Crippen LogP contribution in [0.2, 0.25) is 5.02 Å². The second-order valence-electron chi connectivity index (χ2n) is 5.48. The average Bonchev–Trinajstić information content (AvgIpc) is 2.68. The van der Waals surface area contributed by atoms with Crippen LogP contribution < -0.4 is 5.32 Å². The monoisotopic (exact) mass is 335 g/mol. The van der Waals surface area contributed by atoms with Crippen LogP contribution in [0.5, 0.6) is 0 Å². The summed E-state index contributed by atoms with van der Waals surface area (Å²) in [7, 11) is -1.26. The Hall–Kier alpha value is -0.590. The Morgan fingerprint density at radius 1 is 1.38 bits per heavy atom. The molecule has 7 heteroatoms. The Morgan fingerprint density at radius 2 is 2.00 bits per heavy atom. The maximum absolute atomic E-state index is 11.9. The van der Waals surface area contributed by atoms with Crippen LogP contribution in [-0.2, 0) is 29.7 Å². The lowest BCUT2D eigenvalue weighted by atomic mass is 10.1. The summed E-state index contributed by atoms with van der Waals surface area (Å²) in [4.78, 5) is 0. The molecule has 0 aliphatic heterocycles. The lowest BCUT2D eigenvalue weighted by Crippen LogP contribution is -2.44. The van der Waals surface area contributed by atoms with Crippen LogP contribution in [0.1, 0.15) is 38.6 Å². The highest BCUT2D eigenvalue weighted by Crippen LogP contribution is 2.23. The van der Waals surface area contributed by atoms with Gasteiger partial charge in [-0.15, -0.1) is 0 Å². The summed E-state index contributed by atoms with van der Waals surface area (Å²) in [5.74, 6) is 0. The number of hydrogen-bond acceptors (Lipinski definition) is 4. The van der Waals surface area contributed by atoms with Gasteiger partial charge in [0, 0.05) is 25.8 Å². The first kappa shape index (κ1) is 18.5. The number of rotatable bonds is 8. The minimum atomic E-state index is -3.11. The second kappa shape index (κ2) is 7.61. The third-order valence-electron chi connectivity index (χ3n) is 3.81. The van der Waals surface area contributed by atoms with E-state index in [1.807, 2.05) is 14.0 Å². The first-order chi connectivity index (χ1) is 9.72. The molecule has 1 aromatic rings. The van der Waals surface area contributed by atoms with Crippen LogP contribution in [0, 0.1) is 0 Å². The van der Waals surface area contributed by atoms with Crippen LogP contribution in [0.15, 0.2) is 0 Å². The van der Waals surface area contributed by atoms with Crippen molar-refractivity contribution in [3.05, 3.63) is 16.4 Å². The zero-order valence-electron chi connectivity index (χ0n) is 13.5. The molecule has 122 valence electrons. The van der Waals surface area contributed by atoms with Crippen molar-refractivity contribution < 1.29 is 8.42 Å². The van der Waals surface area contributed by atoms with E-state index in [0.717, 1.165) is 30.8 Å². The van der Waals surface area contributed by atoms with Gasteiger partial charge in [-0.3, -0.25) is 4.68 Å². The molecule has 21 heavy (non-hydrogen) atoms. The van der Waals surface area contributed by atoms with Crippen LogP contribution in [-0.4, -0.2) is 42.3 Å². The highest BCUT2D eigenvalue weighted by Gasteiger charge is 2.28. The molecule has 0 fully saturated rings. The fraction of sp³-hybridized carbons (Fsp3) is 0.786. The Bertz CT molecular complexity index is 569. The van der Waals surface area contributed by atoms with Gasteiger partial charge in [0.1, 0.15) is 0 Å². The van der Waals surface area contributed by atoms with Crippen LogP contribution in [0.25, 0.3) is 0 Å². The molecule has 0 aliphatic rings. The minimum absolute atomic E-state index is 0.169. The van der Waals surface area contributed by atoms with Crippen molar-refractivity contribution >= 4 is 21.4 Å². The number of nitrogens with one attached hydrogen (secondary N) is 1. The molecule has 0 saturated carbocycles.